The van der Waals surface area contributed by atoms with Gasteiger partial charge in [-0.15, -0.1) is 0 Å². The summed E-state index contributed by atoms with van der Waals surface area (Å²) in [4.78, 5) is 13.1. The van der Waals surface area contributed by atoms with Crippen LogP contribution in [0.4, 0.5) is 8.78 Å². The molecule has 1 heterocycles. The SMILES string of the molecule is Cc1cc(CN)c(C(F)F)[nH]c1=O. The van der Waals surface area contributed by atoms with Crippen LogP contribution in [0.25, 0.3) is 0 Å². The van der Waals surface area contributed by atoms with Crippen molar-refractivity contribution >= 4 is 0 Å². The normalized spacial score (nSPS) is 10.8. The Labute approximate surface area is 73.6 Å². The second kappa shape index (κ2) is 3.66. The molecule has 0 bridgehead atoms. The van der Waals surface area contributed by atoms with E-state index >= 15 is 0 Å². The molecule has 5 heteroatoms. The minimum Gasteiger partial charge on any atom is -0.326 e. The quantitative estimate of drug-likeness (QED) is 0.729. The summed E-state index contributed by atoms with van der Waals surface area (Å²) in [5.41, 5.74) is 5.06. The number of rotatable bonds is 2. The summed E-state index contributed by atoms with van der Waals surface area (Å²) in [6, 6.07) is 1.39. The van der Waals surface area contributed by atoms with Crippen LogP contribution in [-0.2, 0) is 6.54 Å². The van der Waals surface area contributed by atoms with E-state index < -0.39 is 12.0 Å². The van der Waals surface area contributed by atoms with Gasteiger partial charge < -0.3 is 10.7 Å². The maximum Gasteiger partial charge on any atom is 0.278 e. The molecule has 0 saturated heterocycles. The molecule has 0 aliphatic rings. The molecule has 1 aromatic heterocycles. The van der Waals surface area contributed by atoms with Crippen molar-refractivity contribution in [2.45, 2.75) is 19.9 Å². The molecule has 0 aliphatic carbocycles. The molecule has 0 saturated carbocycles. The monoisotopic (exact) mass is 188 g/mol. The number of aromatic amines is 1. The average molecular weight is 188 g/mol. The highest BCUT2D eigenvalue weighted by molar-refractivity contribution is 5.25. The molecule has 0 unspecified atom stereocenters. The first-order valence-electron chi connectivity index (χ1n) is 3.77. The topological polar surface area (TPSA) is 58.9 Å². The van der Waals surface area contributed by atoms with Crippen LogP contribution in [0.15, 0.2) is 10.9 Å². The molecule has 3 N–H and O–H groups in total. The zero-order chi connectivity index (χ0) is 10.0. The third-order valence-corrected chi connectivity index (χ3v) is 1.78. The number of pyridine rings is 1. The molecule has 0 spiro atoms. The van der Waals surface area contributed by atoms with Crippen LogP contribution < -0.4 is 11.3 Å². The highest BCUT2D eigenvalue weighted by Gasteiger charge is 2.13. The highest BCUT2D eigenvalue weighted by atomic mass is 19.3. The maximum atomic E-state index is 12.3. The minimum atomic E-state index is -2.69. The molecule has 0 aliphatic heterocycles. The molecule has 0 atom stereocenters. The molecule has 0 radical (unpaired) electrons. The van der Waals surface area contributed by atoms with E-state index in [0.717, 1.165) is 0 Å². The van der Waals surface area contributed by atoms with Gasteiger partial charge in [-0.3, -0.25) is 4.79 Å². The van der Waals surface area contributed by atoms with Crippen molar-refractivity contribution in [2.75, 3.05) is 0 Å². The van der Waals surface area contributed by atoms with Gasteiger partial charge in [-0.05, 0) is 18.6 Å². The van der Waals surface area contributed by atoms with Gasteiger partial charge in [0, 0.05) is 12.1 Å². The van der Waals surface area contributed by atoms with Gasteiger partial charge in [0.1, 0.15) is 0 Å². The van der Waals surface area contributed by atoms with Crippen LogP contribution in [0.1, 0.15) is 23.2 Å². The molecule has 1 aromatic rings. The van der Waals surface area contributed by atoms with Crippen molar-refractivity contribution in [2.24, 2.45) is 5.73 Å². The summed E-state index contributed by atoms with van der Waals surface area (Å²) in [6.45, 7) is 1.55. The van der Waals surface area contributed by atoms with Gasteiger partial charge >= 0.3 is 0 Å². The van der Waals surface area contributed by atoms with E-state index in [1.54, 1.807) is 6.92 Å². The van der Waals surface area contributed by atoms with Crippen molar-refractivity contribution < 1.29 is 8.78 Å². The lowest BCUT2D eigenvalue weighted by Crippen LogP contribution is -2.16. The molecular weight excluding hydrogens is 178 g/mol. The molecule has 13 heavy (non-hydrogen) atoms. The Morgan fingerprint density at radius 3 is 2.69 bits per heavy atom. The maximum absolute atomic E-state index is 12.3. The Kier molecular flexibility index (Phi) is 2.77. The van der Waals surface area contributed by atoms with Crippen LogP contribution >= 0.6 is 0 Å². The highest BCUT2D eigenvalue weighted by Crippen LogP contribution is 2.19. The van der Waals surface area contributed by atoms with Crippen molar-refractivity contribution in [3.05, 3.63) is 33.2 Å². The standard InChI is InChI=1S/C8H10F2N2O/c1-4-2-5(3-11)6(7(9)10)12-8(4)13/h2,7H,3,11H2,1H3,(H,12,13). The Morgan fingerprint density at radius 2 is 2.23 bits per heavy atom. The van der Waals surface area contributed by atoms with Gasteiger partial charge in [0.2, 0.25) is 0 Å². The smallest absolute Gasteiger partial charge is 0.278 e. The third kappa shape index (κ3) is 1.92. The molecule has 1 rings (SSSR count). The molecular formula is C8H10F2N2O. The van der Waals surface area contributed by atoms with Crippen molar-refractivity contribution in [3.8, 4) is 0 Å². The first kappa shape index (κ1) is 9.85. The fraction of sp³-hybridized carbons (Fsp3) is 0.375. The van der Waals surface area contributed by atoms with E-state index in [4.69, 9.17) is 5.73 Å². The van der Waals surface area contributed by atoms with E-state index in [1.807, 2.05) is 0 Å². The van der Waals surface area contributed by atoms with E-state index in [0.29, 0.717) is 5.56 Å². The number of hydrogen-bond donors (Lipinski definition) is 2. The minimum absolute atomic E-state index is 0.00269. The van der Waals surface area contributed by atoms with E-state index in [1.165, 1.54) is 6.07 Å². The zero-order valence-electron chi connectivity index (χ0n) is 7.10. The van der Waals surface area contributed by atoms with Crippen LogP contribution in [-0.4, -0.2) is 4.98 Å². The number of nitrogens with one attached hydrogen (secondary N) is 1. The summed E-state index contributed by atoms with van der Waals surface area (Å²) in [7, 11) is 0. The predicted octanol–water partition coefficient (Wildman–Crippen LogP) is 1.08. The number of H-pyrrole nitrogens is 1. The van der Waals surface area contributed by atoms with Gasteiger partial charge in [-0.2, -0.15) is 0 Å². The molecule has 0 amide bonds. The van der Waals surface area contributed by atoms with Crippen LogP contribution in [0, 0.1) is 6.92 Å². The summed E-state index contributed by atoms with van der Waals surface area (Å²) in [5.74, 6) is 0. The molecule has 0 fully saturated rings. The van der Waals surface area contributed by atoms with Crippen LogP contribution in [0.5, 0.6) is 0 Å². The summed E-state index contributed by atoms with van der Waals surface area (Å²) in [5, 5.41) is 0. The summed E-state index contributed by atoms with van der Waals surface area (Å²) >= 11 is 0. The van der Waals surface area contributed by atoms with E-state index in [2.05, 4.69) is 4.98 Å². The molecule has 72 valence electrons. The number of aromatic nitrogens is 1. The lowest BCUT2D eigenvalue weighted by molar-refractivity contribution is 0.144. The zero-order valence-corrected chi connectivity index (χ0v) is 7.10. The summed E-state index contributed by atoms with van der Waals surface area (Å²) < 4.78 is 24.6. The second-order valence-corrected chi connectivity index (χ2v) is 2.73. The fourth-order valence-electron chi connectivity index (χ4n) is 1.07. The number of nitrogens with two attached hydrogens (primary N) is 1. The third-order valence-electron chi connectivity index (χ3n) is 1.78. The first-order valence-corrected chi connectivity index (χ1v) is 3.77. The van der Waals surface area contributed by atoms with Gasteiger partial charge in [0.15, 0.2) is 0 Å². The van der Waals surface area contributed by atoms with Gasteiger partial charge in [-0.1, -0.05) is 0 Å². The largest absolute Gasteiger partial charge is 0.326 e. The van der Waals surface area contributed by atoms with Crippen molar-refractivity contribution in [1.29, 1.82) is 0 Å². The van der Waals surface area contributed by atoms with E-state index in [-0.39, 0.29) is 17.8 Å². The molecule has 0 aromatic carbocycles. The number of halogens is 2. The van der Waals surface area contributed by atoms with Gasteiger partial charge in [0.05, 0.1) is 5.69 Å². The van der Waals surface area contributed by atoms with Crippen LogP contribution in [0.3, 0.4) is 0 Å². The summed E-state index contributed by atoms with van der Waals surface area (Å²) in [6.07, 6.45) is -2.69. The van der Waals surface area contributed by atoms with Crippen molar-refractivity contribution in [3.63, 3.8) is 0 Å². The Balaban J connectivity index is 3.33. The number of alkyl halides is 2. The Hall–Kier alpha value is -1.23. The fourth-order valence-corrected chi connectivity index (χ4v) is 1.07. The second-order valence-electron chi connectivity index (χ2n) is 2.73. The van der Waals surface area contributed by atoms with Gasteiger partial charge in [0.25, 0.3) is 12.0 Å². The predicted molar refractivity (Wildman–Crippen MR) is 44.6 cm³/mol. The van der Waals surface area contributed by atoms with E-state index in [9.17, 15) is 13.6 Å². The molecule has 3 nitrogen and oxygen atoms in total. The lowest BCUT2D eigenvalue weighted by atomic mass is 10.1. The Morgan fingerprint density at radius 1 is 1.62 bits per heavy atom. The lowest BCUT2D eigenvalue weighted by Gasteiger charge is -2.06. The first-order chi connectivity index (χ1) is 6.06. The Bertz CT molecular complexity index is 360. The number of aryl methyl sites for hydroxylation is 1. The van der Waals surface area contributed by atoms with Crippen molar-refractivity contribution in [1.82, 2.24) is 4.98 Å². The number of hydrogen-bond acceptors (Lipinski definition) is 2. The van der Waals surface area contributed by atoms with Crippen LogP contribution in [0.2, 0.25) is 0 Å². The van der Waals surface area contributed by atoms with Gasteiger partial charge in [-0.25, -0.2) is 8.78 Å². The average Bonchev–Trinajstić information content (AvgIpc) is 2.08.